The van der Waals surface area contributed by atoms with Gasteiger partial charge in [-0.05, 0) is 24.6 Å². The first kappa shape index (κ1) is 17.8. The van der Waals surface area contributed by atoms with Crippen molar-refractivity contribution < 1.29 is 9.69 Å². The van der Waals surface area contributed by atoms with Crippen LogP contribution in [0.1, 0.15) is 12.5 Å². The molecule has 0 bridgehead atoms. The average molecular weight is 359 g/mol. The molecule has 1 fully saturated rings. The highest BCUT2D eigenvalue weighted by molar-refractivity contribution is 6.33. The molecule has 132 valence electrons. The Morgan fingerprint density at radius 3 is 2.44 bits per heavy atom. The standard InChI is InChI=1S/C20H24ClN3O/c1-16(20(25)22-15-17-7-3-2-4-8-17)23-11-13-24(14-12-23)19-10-6-5-9-18(19)21/h2-10,16H,11-15H2,1H3,(H,22,25)/p+1/t16-/m1/s1. The Hall–Kier alpha value is -2.04. The highest BCUT2D eigenvalue weighted by Gasteiger charge is 2.29. The van der Waals surface area contributed by atoms with E-state index in [9.17, 15) is 4.79 Å². The number of nitrogens with zero attached hydrogens (tertiary/aromatic N) is 1. The van der Waals surface area contributed by atoms with Gasteiger partial charge >= 0.3 is 0 Å². The van der Waals surface area contributed by atoms with Crippen molar-refractivity contribution in [2.24, 2.45) is 0 Å². The zero-order valence-electron chi connectivity index (χ0n) is 14.5. The van der Waals surface area contributed by atoms with Gasteiger partial charge in [0.15, 0.2) is 6.04 Å². The van der Waals surface area contributed by atoms with Crippen LogP contribution in [0.2, 0.25) is 5.02 Å². The fourth-order valence-electron chi connectivity index (χ4n) is 3.30. The lowest BCUT2D eigenvalue weighted by Crippen LogP contribution is -3.19. The molecule has 1 aliphatic rings. The summed E-state index contributed by atoms with van der Waals surface area (Å²) in [4.78, 5) is 16.1. The van der Waals surface area contributed by atoms with Crippen LogP contribution >= 0.6 is 11.6 Å². The maximum atomic E-state index is 12.5. The lowest BCUT2D eigenvalue weighted by atomic mass is 10.2. The van der Waals surface area contributed by atoms with Gasteiger partial charge in [0.2, 0.25) is 0 Å². The van der Waals surface area contributed by atoms with Crippen LogP contribution < -0.4 is 15.1 Å². The topological polar surface area (TPSA) is 36.8 Å². The number of carbonyl (C=O) groups excluding carboxylic acids is 1. The van der Waals surface area contributed by atoms with Crippen molar-refractivity contribution in [2.45, 2.75) is 19.5 Å². The molecule has 0 aliphatic carbocycles. The quantitative estimate of drug-likeness (QED) is 0.854. The van der Waals surface area contributed by atoms with E-state index in [4.69, 9.17) is 11.6 Å². The monoisotopic (exact) mass is 358 g/mol. The Morgan fingerprint density at radius 2 is 1.76 bits per heavy atom. The van der Waals surface area contributed by atoms with Crippen molar-refractivity contribution in [3.63, 3.8) is 0 Å². The first-order valence-electron chi connectivity index (χ1n) is 8.81. The Labute approximate surface area is 154 Å². The van der Waals surface area contributed by atoms with Gasteiger partial charge in [-0.3, -0.25) is 4.79 Å². The Bertz CT molecular complexity index is 699. The van der Waals surface area contributed by atoms with E-state index < -0.39 is 0 Å². The number of hydrogen-bond acceptors (Lipinski definition) is 2. The maximum absolute atomic E-state index is 12.5. The van der Waals surface area contributed by atoms with Crippen LogP contribution in [0.25, 0.3) is 0 Å². The molecule has 1 saturated heterocycles. The summed E-state index contributed by atoms with van der Waals surface area (Å²) in [6, 6.07) is 17.9. The fraction of sp³-hybridized carbons (Fsp3) is 0.350. The Kier molecular flexibility index (Phi) is 5.95. The van der Waals surface area contributed by atoms with Gasteiger partial charge in [-0.2, -0.15) is 0 Å². The van der Waals surface area contributed by atoms with E-state index in [1.54, 1.807) is 0 Å². The number of quaternary nitrogens is 1. The second-order valence-corrected chi connectivity index (χ2v) is 6.93. The second kappa shape index (κ2) is 8.37. The molecule has 0 spiro atoms. The van der Waals surface area contributed by atoms with Crippen molar-refractivity contribution in [1.29, 1.82) is 0 Å². The summed E-state index contributed by atoms with van der Waals surface area (Å²) in [7, 11) is 0. The van der Waals surface area contributed by atoms with Crippen LogP contribution in [0.15, 0.2) is 54.6 Å². The van der Waals surface area contributed by atoms with E-state index >= 15 is 0 Å². The smallest absolute Gasteiger partial charge is 0.278 e. The summed E-state index contributed by atoms with van der Waals surface area (Å²) in [5, 5.41) is 3.84. The number of hydrogen-bond donors (Lipinski definition) is 2. The number of anilines is 1. The largest absolute Gasteiger partial charge is 0.359 e. The third-order valence-corrected chi connectivity index (χ3v) is 5.23. The molecule has 1 aliphatic heterocycles. The zero-order valence-corrected chi connectivity index (χ0v) is 15.3. The van der Waals surface area contributed by atoms with Gasteiger partial charge in [0.05, 0.1) is 36.9 Å². The number of piperazine rings is 1. The molecule has 0 radical (unpaired) electrons. The van der Waals surface area contributed by atoms with Gasteiger partial charge in [-0.15, -0.1) is 0 Å². The van der Waals surface area contributed by atoms with E-state index in [1.165, 1.54) is 4.90 Å². The minimum Gasteiger partial charge on any atom is -0.359 e. The molecule has 2 aromatic rings. The van der Waals surface area contributed by atoms with Crippen LogP contribution in [0.3, 0.4) is 0 Å². The zero-order chi connectivity index (χ0) is 17.6. The summed E-state index contributed by atoms with van der Waals surface area (Å²) in [6.07, 6.45) is 0. The van der Waals surface area contributed by atoms with Gasteiger partial charge in [0.1, 0.15) is 0 Å². The summed E-state index contributed by atoms with van der Waals surface area (Å²) in [5.41, 5.74) is 2.21. The molecule has 5 heteroatoms. The normalized spacial score (nSPS) is 16.5. The lowest BCUT2D eigenvalue weighted by molar-refractivity contribution is -0.914. The minimum absolute atomic E-state index is 0.0443. The summed E-state index contributed by atoms with van der Waals surface area (Å²) < 4.78 is 0. The average Bonchev–Trinajstić information content (AvgIpc) is 2.67. The fourth-order valence-corrected chi connectivity index (χ4v) is 3.55. The molecule has 1 amide bonds. The summed E-state index contributed by atoms with van der Waals surface area (Å²) >= 11 is 6.29. The number of nitrogens with one attached hydrogen (secondary N) is 2. The molecular formula is C20H25ClN3O+. The van der Waals surface area contributed by atoms with Crippen LogP contribution in [-0.2, 0) is 11.3 Å². The van der Waals surface area contributed by atoms with Crippen molar-refractivity contribution in [1.82, 2.24) is 5.32 Å². The van der Waals surface area contributed by atoms with E-state index in [0.29, 0.717) is 6.54 Å². The molecule has 0 aromatic heterocycles. The van der Waals surface area contributed by atoms with Crippen molar-refractivity contribution in [3.8, 4) is 0 Å². The third kappa shape index (κ3) is 4.53. The molecule has 3 rings (SSSR count). The number of carbonyl (C=O) groups is 1. The molecule has 1 heterocycles. The third-order valence-electron chi connectivity index (χ3n) is 4.91. The van der Waals surface area contributed by atoms with Crippen molar-refractivity contribution >= 4 is 23.2 Å². The Balaban J connectivity index is 1.50. The molecule has 1 atom stereocenters. The predicted octanol–water partition coefficient (Wildman–Crippen LogP) is 1.75. The highest BCUT2D eigenvalue weighted by Crippen LogP contribution is 2.24. The van der Waals surface area contributed by atoms with E-state index in [2.05, 4.69) is 16.3 Å². The molecule has 2 N–H and O–H groups in total. The lowest BCUT2D eigenvalue weighted by Gasteiger charge is -2.36. The van der Waals surface area contributed by atoms with Crippen LogP contribution in [0, 0.1) is 0 Å². The van der Waals surface area contributed by atoms with Gasteiger partial charge in [-0.1, -0.05) is 54.1 Å². The molecule has 4 nitrogen and oxygen atoms in total. The number of halogens is 1. The number of amides is 1. The van der Waals surface area contributed by atoms with Gasteiger partial charge in [0, 0.05) is 6.54 Å². The van der Waals surface area contributed by atoms with E-state index in [-0.39, 0.29) is 11.9 Å². The first-order chi connectivity index (χ1) is 12.1. The van der Waals surface area contributed by atoms with E-state index in [1.807, 2.05) is 55.5 Å². The van der Waals surface area contributed by atoms with Crippen molar-refractivity contribution in [2.75, 3.05) is 31.1 Å². The van der Waals surface area contributed by atoms with Gasteiger partial charge < -0.3 is 15.1 Å². The SMILES string of the molecule is C[C@H](C(=O)NCc1ccccc1)[NH+]1CCN(c2ccccc2Cl)CC1. The molecular weight excluding hydrogens is 334 g/mol. The summed E-state index contributed by atoms with van der Waals surface area (Å²) in [5.74, 6) is 0.116. The first-order valence-corrected chi connectivity index (χ1v) is 9.18. The molecule has 0 saturated carbocycles. The molecule has 25 heavy (non-hydrogen) atoms. The van der Waals surface area contributed by atoms with Gasteiger partial charge in [0.25, 0.3) is 5.91 Å². The predicted molar refractivity (Wildman–Crippen MR) is 102 cm³/mol. The van der Waals surface area contributed by atoms with Crippen LogP contribution in [-0.4, -0.2) is 38.1 Å². The molecule has 0 unspecified atom stereocenters. The van der Waals surface area contributed by atoms with E-state index in [0.717, 1.165) is 42.5 Å². The Morgan fingerprint density at radius 1 is 1.12 bits per heavy atom. The maximum Gasteiger partial charge on any atom is 0.278 e. The summed E-state index contributed by atoms with van der Waals surface area (Å²) in [6.45, 7) is 6.30. The van der Waals surface area contributed by atoms with Crippen LogP contribution in [0.5, 0.6) is 0 Å². The second-order valence-electron chi connectivity index (χ2n) is 6.52. The van der Waals surface area contributed by atoms with Crippen molar-refractivity contribution in [3.05, 3.63) is 65.2 Å². The number of rotatable bonds is 5. The highest BCUT2D eigenvalue weighted by atomic mass is 35.5. The molecule has 2 aromatic carbocycles. The van der Waals surface area contributed by atoms with Gasteiger partial charge in [-0.25, -0.2) is 0 Å². The number of benzene rings is 2. The number of para-hydroxylation sites is 1. The van der Waals surface area contributed by atoms with Crippen LogP contribution in [0.4, 0.5) is 5.69 Å². The minimum atomic E-state index is -0.0443.